The standard InChI is InChI=1S/C12H13ClFN3O2S/c1-8(9-5-3-4-6-10(9)14)16-20(18,19)12-11(13)17(2)7-15-12/h3-8,16H,1-2H3. The first-order chi connectivity index (χ1) is 9.33. The molecule has 8 heteroatoms. The molecule has 1 aromatic carbocycles. The molecular formula is C12H13ClFN3O2S. The first-order valence-corrected chi connectivity index (χ1v) is 7.62. The van der Waals surface area contributed by atoms with E-state index in [-0.39, 0.29) is 15.7 Å². The number of nitrogens with zero attached hydrogens (tertiary/aromatic N) is 2. The Morgan fingerprint density at radius 1 is 1.40 bits per heavy atom. The number of aryl methyl sites for hydroxylation is 1. The van der Waals surface area contributed by atoms with Crippen molar-refractivity contribution in [2.24, 2.45) is 7.05 Å². The molecule has 1 N–H and O–H groups in total. The molecule has 0 aliphatic heterocycles. The molecule has 0 spiro atoms. The number of nitrogens with one attached hydrogen (secondary N) is 1. The van der Waals surface area contributed by atoms with Crippen LogP contribution < -0.4 is 4.72 Å². The fraction of sp³-hybridized carbons (Fsp3) is 0.250. The van der Waals surface area contributed by atoms with Gasteiger partial charge in [-0.2, -0.15) is 0 Å². The molecule has 0 radical (unpaired) electrons. The monoisotopic (exact) mass is 317 g/mol. The van der Waals surface area contributed by atoms with E-state index in [1.807, 2.05) is 0 Å². The number of sulfonamides is 1. The van der Waals surface area contributed by atoms with Gasteiger partial charge in [-0.15, -0.1) is 0 Å². The van der Waals surface area contributed by atoms with Gasteiger partial charge < -0.3 is 4.57 Å². The summed E-state index contributed by atoms with van der Waals surface area (Å²) in [5.74, 6) is -0.477. The largest absolute Gasteiger partial charge is 0.324 e. The molecule has 1 atom stereocenters. The Bertz CT molecular complexity index is 730. The zero-order chi connectivity index (χ0) is 14.9. The van der Waals surface area contributed by atoms with Gasteiger partial charge >= 0.3 is 0 Å². The van der Waals surface area contributed by atoms with Crippen LogP contribution in [0.5, 0.6) is 0 Å². The van der Waals surface area contributed by atoms with Crippen LogP contribution in [0.25, 0.3) is 0 Å². The number of hydrogen-bond acceptors (Lipinski definition) is 3. The Morgan fingerprint density at radius 2 is 2.05 bits per heavy atom. The zero-order valence-corrected chi connectivity index (χ0v) is 12.4. The van der Waals surface area contributed by atoms with Crippen molar-refractivity contribution in [1.29, 1.82) is 0 Å². The fourth-order valence-electron chi connectivity index (χ4n) is 1.75. The number of aromatic nitrogens is 2. The van der Waals surface area contributed by atoms with Gasteiger partial charge in [0.25, 0.3) is 10.0 Å². The van der Waals surface area contributed by atoms with Crippen LogP contribution >= 0.6 is 11.6 Å². The maximum absolute atomic E-state index is 13.6. The molecule has 0 aliphatic carbocycles. The van der Waals surface area contributed by atoms with E-state index >= 15 is 0 Å². The number of hydrogen-bond donors (Lipinski definition) is 1. The second kappa shape index (κ2) is 5.51. The highest BCUT2D eigenvalue weighted by atomic mass is 35.5. The summed E-state index contributed by atoms with van der Waals surface area (Å²) in [5.41, 5.74) is 0.253. The van der Waals surface area contributed by atoms with Crippen LogP contribution in [0.2, 0.25) is 5.15 Å². The SMILES string of the molecule is CC(NS(=O)(=O)c1ncn(C)c1Cl)c1ccccc1F. The molecule has 5 nitrogen and oxygen atoms in total. The van der Waals surface area contributed by atoms with Gasteiger partial charge in [0.15, 0.2) is 0 Å². The third-order valence-electron chi connectivity index (χ3n) is 2.79. The van der Waals surface area contributed by atoms with Gasteiger partial charge in [0, 0.05) is 18.7 Å². The van der Waals surface area contributed by atoms with Crippen LogP contribution in [0.3, 0.4) is 0 Å². The van der Waals surface area contributed by atoms with E-state index in [1.165, 1.54) is 29.1 Å². The highest BCUT2D eigenvalue weighted by molar-refractivity contribution is 7.89. The molecular weight excluding hydrogens is 305 g/mol. The fourth-order valence-corrected chi connectivity index (χ4v) is 3.41. The molecule has 0 saturated heterocycles. The molecule has 1 aromatic heterocycles. The third-order valence-corrected chi connectivity index (χ3v) is 4.82. The third kappa shape index (κ3) is 2.84. The number of imidazole rings is 1. The van der Waals surface area contributed by atoms with Crippen LogP contribution in [0.15, 0.2) is 35.6 Å². The zero-order valence-electron chi connectivity index (χ0n) is 10.8. The summed E-state index contributed by atoms with van der Waals surface area (Å²) in [7, 11) is -2.34. The maximum Gasteiger partial charge on any atom is 0.261 e. The Morgan fingerprint density at radius 3 is 2.60 bits per heavy atom. The normalized spacial score (nSPS) is 13.4. The van der Waals surface area contributed by atoms with Crippen molar-refractivity contribution in [2.45, 2.75) is 18.0 Å². The molecule has 108 valence electrons. The van der Waals surface area contributed by atoms with E-state index < -0.39 is 21.9 Å². The van der Waals surface area contributed by atoms with Crippen molar-refractivity contribution < 1.29 is 12.8 Å². The molecule has 1 heterocycles. The van der Waals surface area contributed by atoms with E-state index in [0.29, 0.717) is 0 Å². The van der Waals surface area contributed by atoms with Crippen LogP contribution in [-0.2, 0) is 17.1 Å². The smallest absolute Gasteiger partial charge is 0.261 e. The van der Waals surface area contributed by atoms with Crippen molar-refractivity contribution in [3.8, 4) is 0 Å². The molecule has 0 fully saturated rings. The Kier molecular flexibility index (Phi) is 4.12. The number of rotatable bonds is 4. The van der Waals surface area contributed by atoms with Crippen molar-refractivity contribution in [2.75, 3.05) is 0 Å². The lowest BCUT2D eigenvalue weighted by atomic mass is 10.1. The van der Waals surface area contributed by atoms with Gasteiger partial charge in [-0.3, -0.25) is 0 Å². The van der Waals surface area contributed by atoms with Gasteiger partial charge in [-0.1, -0.05) is 29.8 Å². The maximum atomic E-state index is 13.6. The summed E-state index contributed by atoms with van der Waals surface area (Å²) in [6.45, 7) is 1.55. The highest BCUT2D eigenvalue weighted by Gasteiger charge is 2.25. The molecule has 20 heavy (non-hydrogen) atoms. The van der Waals surface area contributed by atoms with Gasteiger partial charge in [0.2, 0.25) is 5.03 Å². The predicted molar refractivity (Wildman–Crippen MR) is 73.4 cm³/mol. The quantitative estimate of drug-likeness (QED) is 0.940. The Labute approximate surface area is 121 Å². The minimum Gasteiger partial charge on any atom is -0.324 e. The molecule has 0 bridgehead atoms. The molecule has 2 rings (SSSR count). The topological polar surface area (TPSA) is 64.0 Å². The molecule has 0 amide bonds. The van der Waals surface area contributed by atoms with Crippen molar-refractivity contribution in [3.63, 3.8) is 0 Å². The average molecular weight is 318 g/mol. The van der Waals surface area contributed by atoms with Crippen molar-refractivity contribution in [1.82, 2.24) is 14.3 Å². The summed E-state index contributed by atoms with van der Waals surface area (Å²) in [6.07, 6.45) is 1.30. The molecule has 0 saturated carbocycles. The lowest BCUT2D eigenvalue weighted by Gasteiger charge is -2.14. The summed E-state index contributed by atoms with van der Waals surface area (Å²) in [4.78, 5) is 3.74. The lowest BCUT2D eigenvalue weighted by Crippen LogP contribution is -2.28. The highest BCUT2D eigenvalue weighted by Crippen LogP contribution is 2.22. The van der Waals surface area contributed by atoms with E-state index in [1.54, 1.807) is 20.0 Å². The van der Waals surface area contributed by atoms with E-state index in [4.69, 9.17) is 11.6 Å². The molecule has 1 unspecified atom stereocenters. The van der Waals surface area contributed by atoms with Crippen molar-refractivity contribution >= 4 is 21.6 Å². The Balaban J connectivity index is 2.30. The van der Waals surface area contributed by atoms with Gasteiger partial charge in [-0.25, -0.2) is 22.5 Å². The predicted octanol–water partition coefficient (Wildman–Crippen LogP) is 2.25. The van der Waals surface area contributed by atoms with Crippen LogP contribution in [0.1, 0.15) is 18.5 Å². The minimum atomic E-state index is -3.91. The summed E-state index contributed by atoms with van der Waals surface area (Å²) in [6, 6.07) is 5.22. The van der Waals surface area contributed by atoms with Crippen LogP contribution in [0.4, 0.5) is 4.39 Å². The molecule has 2 aromatic rings. The van der Waals surface area contributed by atoms with Crippen molar-refractivity contribution in [3.05, 3.63) is 47.1 Å². The first-order valence-electron chi connectivity index (χ1n) is 5.76. The summed E-state index contributed by atoms with van der Waals surface area (Å²) < 4.78 is 41.7. The first kappa shape index (κ1) is 15.0. The Hall–Kier alpha value is -1.44. The van der Waals surface area contributed by atoms with Crippen LogP contribution in [-0.4, -0.2) is 18.0 Å². The summed E-state index contributed by atoms with van der Waals surface area (Å²) >= 11 is 5.86. The van der Waals surface area contributed by atoms with E-state index in [0.717, 1.165) is 0 Å². The van der Waals surface area contributed by atoms with Gasteiger partial charge in [-0.05, 0) is 13.0 Å². The van der Waals surface area contributed by atoms with Crippen LogP contribution in [0, 0.1) is 5.82 Å². The lowest BCUT2D eigenvalue weighted by molar-refractivity contribution is 0.548. The van der Waals surface area contributed by atoms with E-state index in [2.05, 4.69) is 9.71 Å². The van der Waals surface area contributed by atoms with E-state index in [9.17, 15) is 12.8 Å². The van der Waals surface area contributed by atoms with Gasteiger partial charge in [0.05, 0.1) is 6.33 Å². The second-order valence-corrected chi connectivity index (χ2v) is 6.30. The number of benzene rings is 1. The minimum absolute atomic E-state index is 0.00164. The summed E-state index contributed by atoms with van der Waals surface area (Å²) in [5, 5.41) is -0.275. The second-order valence-electron chi connectivity index (χ2n) is 4.32. The average Bonchev–Trinajstić information content (AvgIpc) is 2.70. The number of halogens is 2. The molecule has 0 aliphatic rings. The van der Waals surface area contributed by atoms with Gasteiger partial charge in [0.1, 0.15) is 11.0 Å².